The predicted molar refractivity (Wildman–Crippen MR) is 324 cm³/mol. The molecule has 0 bridgehead atoms. The largest absolute Gasteiger partial charge is 0.466 e. The molecule has 74 heavy (non-hydrogen) atoms. The number of carbonyl (C=O) groups is 2. The Kier molecular flexibility index (Phi) is 62.9. The summed E-state index contributed by atoms with van der Waals surface area (Å²) < 4.78 is 5.49. The summed E-state index contributed by atoms with van der Waals surface area (Å²) in [5, 5.41) is 23.4. The van der Waals surface area contributed by atoms with Crippen LogP contribution in [0.25, 0.3) is 0 Å². The summed E-state index contributed by atoms with van der Waals surface area (Å²) >= 11 is 0. The molecule has 0 saturated carbocycles. The van der Waals surface area contributed by atoms with Crippen LogP contribution in [-0.2, 0) is 14.3 Å². The van der Waals surface area contributed by atoms with Gasteiger partial charge in [0.15, 0.2) is 0 Å². The van der Waals surface area contributed by atoms with Crippen molar-refractivity contribution in [3.05, 3.63) is 12.2 Å². The number of aliphatic hydroxyl groups excluding tert-OH is 2. The molecule has 0 spiro atoms. The number of esters is 1. The molecule has 0 radical (unpaired) electrons. The van der Waals surface area contributed by atoms with Gasteiger partial charge in [0.25, 0.3) is 0 Å². The van der Waals surface area contributed by atoms with Crippen LogP contribution in [0.1, 0.15) is 386 Å². The van der Waals surface area contributed by atoms with Crippen LogP contribution < -0.4 is 5.32 Å². The first-order valence-electron chi connectivity index (χ1n) is 33.9. The highest BCUT2D eigenvalue weighted by Gasteiger charge is 2.20. The fourth-order valence-electron chi connectivity index (χ4n) is 10.9. The van der Waals surface area contributed by atoms with Crippen LogP contribution in [0.2, 0.25) is 0 Å². The number of rotatable bonds is 64. The van der Waals surface area contributed by atoms with E-state index in [0.717, 1.165) is 44.9 Å². The first-order chi connectivity index (χ1) is 36.5. The third-order valence-electron chi connectivity index (χ3n) is 16.1. The van der Waals surface area contributed by atoms with Gasteiger partial charge in [-0.1, -0.05) is 334 Å². The molecule has 6 nitrogen and oxygen atoms in total. The molecule has 0 rings (SSSR count). The van der Waals surface area contributed by atoms with E-state index in [-0.39, 0.29) is 18.5 Å². The zero-order valence-electron chi connectivity index (χ0n) is 50.4. The molecule has 3 N–H and O–H groups in total. The van der Waals surface area contributed by atoms with Crippen molar-refractivity contribution < 1.29 is 24.5 Å². The van der Waals surface area contributed by atoms with Crippen molar-refractivity contribution in [1.82, 2.24) is 5.32 Å². The Bertz CT molecular complexity index is 1110. The number of ether oxygens (including phenoxy) is 1. The molecular weight excluding hydrogens is 911 g/mol. The van der Waals surface area contributed by atoms with Gasteiger partial charge in [-0.05, 0) is 51.4 Å². The van der Waals surface area contributed by atoms with Crippen molar-refractivity contribution in [1.29, 1.82) is 0 Å². The zero-order valence-corrected chi connectivity index (χ0v) is 50.4. The van der Waals surface area contributed by atoms with Gasteiger partial charge in [0.1, 0.15) is 0 Å². The van der Waals surface area contributed by atoms with Gasteiger partial charge in [-0.2, -0.15) is 0 Å². The molecule has 0 fully saturated rings. The lowest BCUT2D eigenvalue weighted by atomic mass is 10.0. The van der Waals surface area contributed by atoms with E-state index in [4.69, 9.17) is 4.74 Å². The Hall–Kier alpha value is -1.40. The van der Waals surface area contributed by atoms with Gasteiger partial charge in [0, 0.05) is 12.8 Å². The molecule has 2 atom stereocenters. The highest BCUT2D eigenvalue weighted by Crippen LogP contribution is 2.19. The number of amides is 1. The summed E-state index contributed by atoms with van der Waals surface area (Å²) in [6, 6.07) is -0.548. The molecule has 0 heterocycles. The maximum atomic E-state index is 12.5. The van der Waals surface area contributed by atoms with E-state index in [1.807, 2.05) is 0 Å². The molecule has 0 saturated heterocycles. The first-order valence-corrected chi connectivity index (χ1v) is 33.9. The molecular formula is C68H133NO5. The van der Waals surface area contributed by atoms with Crippen molar-refractivity contribution in [2.24, 2.45) is 0 Å². The maximum absolute atomic E-state index is 12.5. The van der Waals surface area contributed by atoms with Gasteiger partial charge < -0.3 is 20.3 Å². The topological polar surface area (TPSA) is 95.9 Å². The van der Waals surface area contributed by atoms with Crippen molar-refractivity contribution in [2.45, 2.75) is 398 Å². The van der Waals surface area contributed by atoms with Crippen LogP contribution in [0.15, 0.2) is 12.2 Å². The van der Waals surface area contributed by atoms with Gasteiger partial charge in [0.05, 0.1) is 25.4 Å². The number of unbranched alkanes of at least 4 members (excludes halogenated alkanes) is 51. The summed E-state index contributed by atoms with van der Waals surface area (Å²) in [5.41, 5.74) is 0. The molecule has 0 aromatic rings. The number of hydrogen-bond donors (Lipinski definition) is 3. The molecule has 0 aromatic carbocycles. The summed E-state index contributed by atoms with van der Waals surface area (Å²) in [7, 11) is 0. The van der Waals surface area contributed by atoms with E-state index in [2.05, 4.69) is 31.3 Å². The number of aliphatic hydroxyl groups is 2. The number of allylic oxidation sites excluding steroid dienone is 2. The highest BCUT2D eigenvalue weighted by molar-refractivity contribution is 5.76. The van der Waals surface area contributed by atoms with Crippen molar-refractivity contribution >= 4 is 11.9 Å². The summed E-state index contributed by atoms with van der Waals surface area (Å²) in [5.74, 6) is -0.0396. The van der Waals surface area contributed by atoms with Crippen LogP contribution in [-0.4, -0.2) is 47.4 Å². The molecule has 0 aliphatic rings. The molecule has 0 aliphatic carbocycles. The average molecular weight is 1040 g/mol. The van der Waals surface area contributed by atoms with Gasteiger partial charge in [0.2, 0.25) is 5.91 Å². The van der Waals surface area contributed by atoms with Crippen LogP contribution >= 0.6 is 0 Å². The zero-order chi connectivity index (χ0) is 53.6. The number of nitrogens with one attached hydrogen (secondary N) is 1. The lowest BCUT2D eigenvalue weighted by molar-refractivity contribution is -0.143. The van der Waals surface area contributed by atoms with E-state index in [9.17, 15) is 19.8 Å². The van der Waals surface area contributed by atoms with Crippen molar-refractivity contribution in [3.63, 3.8) is 0 Å². The second-order valence-corrected chi connectivity index (χ2v) is 23.5. The second kappa shape index (κ2) is 64.1. The Balaban J connectivity index is 3.41. The molecule has 6 heteroatoms. The van der Waals surface area contributed by atoms with E-state index in [1.54, 1.807) is 0 Å². The van der Waals surface area contributed by atoms with E-state index < -0.39 is 12.1 Å². The Morgan fingerprint density at radius 2 is 0.635 bits per heavy atom. The highest BCUT2D eigenvalue weighted by atomic mass is 16.5. The minimum absolute atomic E-state index is 0.00266. The Morgan fingerprint density at radius 1 is 0.365 bits per heavy atom. The summed E-state index contributed by atoms with van der Waals surface area (Å²) in [6.07, 6.45) is 78.1. The van der Waals surface area contributed by atoms with E-state index in [0.29, 0.717) is 25.9 Å². The van der Waals surface area contributed by atoms with Crippen LogP contribution in [0.5, 0.6) is 0 Å². The molecule has 0 aliphatic heterocycles. The van der Waals surface area contributed by atoms with Gasteiger partial charge in [-0.25, -0.2) is 0 Å². The standard InChI is InChI=1S/C68H133NO5/c1-3-5-7-9-11-13-15-17-19-21-22-23-24-25-26-27-28-29-32-36-40-44-48-52-56-60-66(71)65(64-70)69-67(72)61-57-53-49-45-41-37-33-30-31-35-39-43-47-51-55-59-63-74-68(73)62-58-54-50-46-42-38-34-20-18-16-14-12-10-8-6-4-2/h20,34,65-66,70-71H,3-19,21-33,35-64H2,1-2H3,(H,69,72)/b34-20-. The summed E-state index contributed by atoms with van der Waals surface area (Å²) in [6.45, 7) is 4.97. The van der Waals surface area contributed by atoms with Crippen LogP contribution in [0.4, 0.5) is 0 Å². The molecule has 0 aromatic heterocycles. The van der Waals surface area contributed by atoms with E-state index >= 15 is 0 Å². The van der Waals surface area contributed by atoms with Crippen LogP contribution in [0, 0.1) is 0 Å². The van der Waals surface area contributed by atoms with Crippen LogP contribution in [0.3, 0.4) is 0 Å². The smallest absolute Gasteiger partial charge is 0.305 e. The first kappa shape index (κ1) is 72.6. The Morgan fingerprint density at radius 3 is 0.959 bits per heavy atom. The van der Waals surface area contributed by atoms with E-state index in [1.165, 1.54) is 308 Å². The van der Waals surface area contributed by atoms with Gasteiger partial charge in [-0.15, -0.1) is 0 Å². The van der Waals surface area contributed by atoms with Gasteiger partial charge >= 0.3 is 5.97 Å². The molecule has 440 valence electrons. The van der Waals surface area contributed by atoms with Crippen molar-refractivity contribution in [3.8, 4) is 0 Å². The minimum atomic E-state index is -0.670. The second-order valence-electron chi connectivity index (χ2n) is 23.5. The monoisotopic (exact) mass is 1040 g/mol. The fraction of sp³-hybridized carbons (Fsp3) is 0.941. The third-order valence-corrected chi connectivity index (χ3v) is 16.1. The average Bonchev–Trinajstić information content (AvgIpc) is 3.40. The number of hydrogen-bond acceptors (Lipinski definition) is 5. The van der Waals surface area contributed by atoms with Gasteiger partial charge in [-0.3, -0.25) is 9.59 Å². The SMILES string of the molecule is CCCCCCCCC/C=C\CCCCCCCC(=O)OCCCCCCCCCCCCCCCCCCC(=O)NC(CO)C(O)CCCCCCCCCCCCCCCCCCCCCCCCCCC. The third kappa shape index (κ3) is 59.8. The minimum Gasteiger partial charge on any atom is -0.466 e. The molecule has 2 unspecified atom stereocenters. The Labute approximate surface area is 463 Å². The quantitative estimate of drug-likeness (QED) is 0.0320. The lowest BCUT2D eigenvalue weighted by Crippen LogP contribution is -2.45. The predicted octanol–water partition coefficient (Wildman–Crippen LogP) is 21.6. The number of carbonyl (C=O) groups excluding carboxylic acids is 2. The molecule has 1 amide bonds. The fourth-order valence-corrected chi connectivity index (χ4v) is 10.9. The maximum Gasteiger partial charge on any atom is 0.305 e. The van der Waals surface area contributed by atoms with Crippen molar-refractivity contribution in [2.75, 3.05) is 13.2 Å². The normalized spacial score (nSPS) is 12.5. The lowest BCUT2D eigenvalue weighted by Gasteiger charge is -2.22. The summed E-state index contributed by atoms with van der Waals surface area (Å²) in [4.78, 5) is 24.6.